The van der Waals surface area contributed by atoms with E-state index in [0.29, 0.717) is 28.2 Å². The second-order valence-corrected chi connectivity index (χ2v) is 8.84. The Hall–Kier alpha value is -3.35. The highest BCUT2D eigenvalue weighted by molar-refractivity contribution is 7.80. The molecule has 0 radical (unpaired) electrons. The van der Waals surface area contributed by atoms with Crippen LogP contribution in [0.4, 0.5) is 0 Å². The lowest BCUT2D eigenvalue weighted by Gasteiger charge is -2.23. The summed E-state index contributed by atoms with van der Waals surface area (Å²) in [6, 6.07) is 20.8. The number of ether oxygens (including phenoxy) is 2. The Morgan fingerprint density at radius 1 is 1.09 bits per heavy atom. The van der Waals surface area contributed by atoms with Gasteiger partial charge in [0.1, 0.15) is 23.8 Å². The molecule has 1 saturated heterocycles. The number of rotatable bonds is 7. The van der Waals surface area contributed by atoms with Gasteiger partial charge < -0.3 is 14.8 Å². The van der Waals surface area contributed by atoms with Crippen molar-refractivity contribution >= 4 is 40.9 Å². The lowest BCUT2D eigenvalue weighted by Crippen LogP contribution is -2.33. The number of carbonyl (C=O) groups excluding carboxylic acids is 1. The molecule has 7 heteroatoms. The first kappa shape index (κ1) is 23.8. The Balaban J connectivity index is 1.55. The summed E-state index contributed by atoms with van der Waals surface area (Å²) in [6.07, 6.45) is 1.79. The number of nitrogens with one attached hydrogen (secondary N) is 1. The molecular formula is C27H25ClN2O3S. The van der Waals surface area contributed by atoms with Gasteiger partial charge in [-0.15, -0.1) is 0 Å². The largest absolute Gasteiger partial charge is 0.496 e. The summed E-state index contributed by atoms with van der Waals surface area (Å²) in [7, 11) is 1.62. The smallest absolute Gasteiger partial charge is 0.277 e. The van der Waals surface area contributed by atoms with E-state index < -0.39 is 0 Å². The fourth-order valence-electron chi connectivity index (χ4n) is 3.88. The molecule has 1 heterocycles. The number of hydrogen-bond acceptors (Lipinski definition) is 4. The summed E-state index contributed by atoms with van der Waals surface area (Å²) in [5, 5.41) is 4.12. The molecule has 1 fully saturated rings. The number of aryl methyl sites for hydroxylation is 1. The molecule has 0 aromatic heterocycles. The van der Waals surface area contributed by atoms with Crippen LogP contribution in [0.3, 0.4) is 0 Å². The molecular weight excluding hydrogens is 468 g/mol. The topological polar surface area (TPSA) is 50.8 Å². The second-order valence-electron chi connectivity index (χ2n) is 8.02. The zero-order valence-corrected chi connectivity index (χ0v) is 20.7. The molecule has 3 aromatic rings. The summed E-state index contributed by atoms with van der Waals surface area (Å²) in [6.45, 7) is 4.22. The summed E-state index contributed by atoms with van der Waals surface area (Å²) >= 11 is 11.5. The van der Waals surface area contributed by atoms with Crippen LogP contribution >= 0.6 is 23.8 Å². The van der Waals surface area contributed by atoms with Crippen molar-refractivity contribution < 1.29 is 14.3 Å². The first-order valence-electron chi connectivity index (χ1n) is 10.8. The van der Waals surface area contributed by atoms with Gasteiger partial charge in [0.05, 0.1) is 13.2 Å². The minimum atomic E-state index is -0.179. The Bertz CT molecular complexity index is 1260. The lowest BCUT2D eigenvalue weighted by molar-refractivity contribution is -0.123. The molecule has 3 aromatic carbocycles. The van der Waals surface area contributed by atoms with Crippen LogP contribution in [-0.4, -0.2) is 23.0 Å². The number of hydrogen-bond donors (Lipinski definition) is 1. The Kier molecular flexibility index (Phi) is 7.20. The number of thiocarbonyl (C=S) groups is 1. The number of carbonyl (C=O) groups is 1. The standard InChI is InChI=1S/C27H25ClN2O3S/c1-17-13-22(28)10-12-24(17)33-16-21-14-19(9-11-25(21)32-3)15-23-26(31)30(27(34)29-23)18(2)20-7-5-4-6-8-20/h4-15,18H,16H2,1-3H3,(H,29,34)/b23-15-. The van der Waals surface area contributed by atoms with Gasteiger partial charge in [-0.1, -0.05) is 48.0 Å². The van der Waals surface area contributed by atoms with Crippen LogP contribution in [0, 0.1) is 6.92 Å². The zero-order chi connectivity index (χ0) is 24.2. The van der Waals surface area contributed by atoms with Crippen molar-refractivity contribution in [1.82, 2.24) is 10.2 Å². The molecule has 0 aliphatic carbocycles. The molecule has 1 unspecified atom stereocenters. The second kappa shape index (κ2) is 10.3. The number of nitrogens with zero attached hydrogens (tertiary/aromatic N) is 1. The monoisotopic (exact) mass is 492 g/mol. The third-order valence-electron chi connectivity index (χ3n) is 5.71. The van der Waals surface area contributed by atoms with E-state index in [9.17, 15) is 4.79 Å². The average Bonchev–Trinajstić information content (AvgIpc) is 3.11. The molecule has 1 aliphatic rings. The first-order chi connectivity index (χ1) is 16.4. The Morgan fingerprint density at radius 2 is 1.82 bits per heavy atom. The maximum Gasteiger partial charge on any atom is 0.277 e. The van der Waals surface area contributed by atoms with Gasteiger partial charge in [-0.25, -0.2) is 0 Å². The molecule has 1 N–H and O–H groups in total. The highest BCUT2D eigenvalue weighted by Gasteiger charge is 2.34. The third kappa shape index (κ3) is 5.08. The highest BCUT2D eigenvalue weighted by Crippen LogP contribution is 2.29. The average molecular weight is 493 g/mol. The molecule has 0 bridgehead atoms. The lowest BCUT2D eigenvalue weighted by atomic mass is 10.1. The van der Waals surface area contributed by atoms with E-state index in [2.05, 4.69) is 5.32 Å². The van der Waals surface area contributed by atoms with Crippen LogP contribution in [0.15, 0.2) is 72.4 Å². The zero-order valence-electron chi connectivity index (χ0n) is 19.2. The van der Waals surface area contributed by atoms with Gasteiger partial charge in [-0.05, 0) is 79.2 Å². The molecule has 1 amide bonds. The summed E-state index contributed by atoms with van der Waals surface area (Å²) in [5.41, 5.74) is 4.08. The molecule has 0 saturated carbocycles. The molecule has 1 atom stereocenters. The van der Waals surface area contributed by atoms with E-state index in [1.807, 2.05) is 74.5 Å². The molecule has 174 valence electrons. The van der Waals surface area contributed by atoms with Gasteiger partial charge in [-0.3, -0.25) is 9.69 Å². The van der Waals surface area contributed by atoms with E-state index in [1.165, 1.54) is 0 Å². The summed E-state index contributed by atoms with van der Waals surface area (Å²) < 4.78 is 11.5. The maximum absolute atomic E-state index is 13.2. The predicted octanol–water partition coefficient (Wildman–Crippen LogP) is 6.05. The first-order valence-corrected chi connectivity index (χ1v) is 11.6. The van der Waals surface area contributed by atoms with Crippen LogP contribution in [0.5, 0.6) is 11.5 Å². The van der Waals surface area contributed by atoms with Gasteiger partial charge in [0.25, 0.3) is 5.91 Å². The van der Waals surface area contributed by atoms with Crippen LogP contribution in [-0.2, 0) is 11.4 Å². The van der Waals surface area contributed by atoms with Crippen LogP contribution in [0.1, 0.15) is 35.2 Å². The van der Waals surface area contributed by atoms with Crippen molar-refractivity contribution in [1.29, 1.82) is 0 Å². The van der Waals surface area contributed by atoms with Crippen molar-refractivity contribution in [2.24, 2.45) is 0 Å². The Morgan fingerprint density at radius 3 is 2.53 bits per heavy atom. The molecule has 0 spiro atoms. The van der Waals surface area contributed by atoms with E-state index in [4.69, 9.17) is 33.3 Å². The number of amides is 1. The maximum atomic E-state index is 13.2. The van der Waals surface area contributed by atoms with E-state index in [1.54, 1.807) is 24.2 Å². The summed E-state index contributed by atoms with van der Waals surface area (Å²) in [5.74, 6) is 1.29. The molecule has 4 rings (SSSR count). The van der Waals surface area contributed by atoms with E-state index in [-0.39, 0.29) is 11.9 Å². The van der Waals surface area contributed by atoms with E-state index in [0.717, 1.165) is 28.0 Å². The van der Waals surface area contributed by atoms with Gasteiger partial charge in [-0.2, -0.15) is 0 Å². The predicted molar refractivity (Wildman–Crippen MR) is 139 cm³/mol. The van der Waals surface area contributed by atoms with Crippen LogP contribution < -0.4 is 14.8 Å². The van der Waals surface area contributed by atoms with Crippen LogP contribution in [0.25, 0.3) is 6.08 Å². The van der Waals surface area contributed by atoms with Gasteiger partial charge >= 0.3 is 0 Å². The SMILES string of the molecule is COc1ccc(/C=C2\NC(=S)N(C(C)c3ccccc3)C2=O)cc1COc1ccc(Cl)cc1C. The van der Waals surface area contributed by atoms with Gasteiger partial charge in [0, 0.05) is 10.6 Å². The summed E-state index contributed by atoms with van der Waals surface area (Å²) in [4.78, 5) is 14.8. The molecule has 5 nitrogen and oxygen atoms in total. The van der Waals surface area contributed by atoms with Gasteiger partial charge in [0.2, 0.25) is 0 Å². The van der Waals surface area contributed by atoms with Gasteiger partial charge in [0.15, 0.2) is 5.11 Å². The molecule has 34 heavy (non-hydrogen) atoms. The quantitative estimate of drug-likeness (QED) is 0.321. The van der Waals surface area contributed by atoms with Crippen molar-refractivity contribution in [2.45, 2.75) is 26.5 Å². The van der Waals surface area contributed by atoms with Crippen molar-refractivity contribution in [3.05, 3.63) is 99.7 Å². The number of benzene rings is 3. The molecule has 1 aliphatic heterocycles. The number of halogens is 1. The van der Waals surface area contributed by atoms with E-state index >= 15 is 0 Å². The van der Waals surface area contributed by atoms with Crippen molar-refractivity contribution in [3.63, 3.8) is 0 Å². The normalized spacial score (nSPS) is 15.4. The van der Waals surface area contributed by atoms with Crippen LogP contribution in [0.2, 0.25) is 5.02 Å². The fourth-order valence-corrected chi connectivity index (χ4v) is 4.46. The third-order valence-corrected chi connectivity index (χ3v) is 6.25. The Labute approximate surface area is 209 Å². The van der Waals surface area contributed by atoms with Crippen molar-refractivity contribution in [2.75, 3.05) is 7.11 Å². The fraction of sp³-hybridized carbons (Fsp3) is 0.185. The number of methoxy groups -OCH3 is 1. The minimum absolute atomic E-state index is 0.160. The highest BCUT2D eigenvalue weighted by atomic mass is 35.5. The van der Waals surface area contributed by atoms with Crippen molar-refractivity contribution in [3.8, 4) is 11.5 Å². The minimum Gasteiger partial charge on any atom is -0.496 e.